The van der Waals surface area contributed by atoms with Gasteiger partial charge in [-0.2, -0.15) is 0 Å². The van der Waals surface area contributed by atoms with E-state index in [1.165, 1.54) is 75.8 Å². The maximum atomic E-state index is 5.99. The molecule has 1 fully saturated rings. The molecule has 3 aromatic carbocycles. The maximum absolute atomic E-state index is 5.99. The summed E-state index contributed by atoms with van der Waals surface area (Å²) in [5.41, 5.74) is 13.1. The second-order valence-corrected chi connectivity index (χ2v) is 14.1. The highest BCUT2D eigenvalue weighted by atomic mass is 14.4. The molecule has 47 heavy (non-hydrogen) atoms. The van der Waals surface area contributed by atoms with Gasteiger partial charge in [0.2, 0.25) is 0 Å². The monoisotopic (exact) mass is 610 g/mol. The summed E-state index contributed by atoms with van der Waals surface area (Å²) in [5.74, 6) is 5.57. The van der Waals surface area contributed by atoms with Crippen molar-refractivity contribution < 1.29 is 0 Å². The minimum atomic E-state index is 0.367. The molecule has 3 unspecified atom stereocenters. The van der Waals surface area contributed by atoms with E-state index >= 15 is 0 Å². The van der Waals surface area contributed by atoms with Crippen LogP contribution in [0.4, 0.5) is 0 Å². The highest BCUT2D eigenvalue weighted by molar-refractivity contribution is 5.86. The third-order valence-corrected chi connectivity index (χ3v) is 10.9. The fourth-order valence-electron chi connectivity index (χ4n) is 8.33. The Morgan fingerprint density at radius 2 is 1.66 bits per heavy atom. The van der Waals surface area contributed by atoms with Crippen molar-refractivity contribution >= 4 is 11.1 Å². The van der Waals surface area contributed by atoms with Crippen molar-refractivity contribution in [3.63, 3.8) is 0 Å². The molecule has 4 aliphatic carbocycles. The highest BCUT2D eigenvalue weighted by Crippen LogP contribution is 2.44. The number of benzene rings is 3. The second-order valence-electron chi connectivity index (χ2n) is 14.1. The van der Waals surface area contributed by atoms with Crippen LogP contribution in [0.1, 0.15) is 78.3 Å². The Hall–Kier alpha value is -4.60. The lowest BCUT2D eigenvalue weighted by molar-refractivity contribution is 0.252. The van der Waals surface area contributed by atoms with Gasteiger partial charge in [0.25, 0.3) is 0 Å². The van der Waals surface area contributed by atoms with Gasteiger partial charge in [-0.1, -0.05) is 140 Å². The topological polar surface area (TPSA) is 0 Å². The molecule has 0 heteroatoms. The first kappa shape index (κ1) is 31.0. The summed E-state index contributed by atoms with van der Waals surface area (Å²) in [6.45, 7) is 7.00. The lowest BCUT2D eigenvalue weighted by Crippen LogP contribution is -2.23. The summed E-state index contributed by atoms with van der Waals surface area (Å²) in [7, 11) is 0. The van der Waals surface area contributed by atoms with Gasteiger partial charge < -0.3 is 0 Å². The van der Waals surface area contributed by atoms with Gasteiger partial charge in [-0.25, -0.2) is 0 Å². The number of aryl methyl sites for hydroxylation is 1. The van der Waals surface area contributed by atoms with Crippen LogP contribution in [0.5, 0.6) is 0 Å². The standard InChI is InChI=1S/C47H46/c1-4-38-21-19-37(32-46(38)45-29-28-40-12-8-9-13-44(40)45)31-36-17-22-41(23-18-36)47(34(3)15-16-35-10-6-5-7-11-35)42-26-24-39(25-27-42)43-20-14-33(2)30-43/h1,5-14,19-21,24-30,32-33,36,40-41,47H,3,15-18,22-23,31H2,2H3. The Morgan fingerprint density at radius 1 is 0.851 bits per heavy atom. The van der Waals surface area contributed by atoms with Gasteiger partial charge in [-0.3, -0.25) is 0 Å². The van der Waals surface area contributed by atoms with E-state index in [0.29, 0.717) is 29.6 Å². The summed E-state index contributed by atoms with van der Waals surface area (Å²) in [6.07, 6.45) is 34.5. The number of fused-ring (bicyclic) bond motifs is 1. The van der Waals surface area contributed by atoms with Crippen molar-refractivity contribution in [3.8, 4) is 12.3 Å². The number of rotatable bonds is 10. The predicted octanol–water partition coefficient (Wildman–Crippen LogP) is 11.6. The van der Waals surface area contributed by atoms with Crippen LogP contribution in [0.25, 0.3) is 11.1 Å². The fourth-order valence-corrected chi connectivity index (χ4v) is 8.33. The molecule has 0 bridgehead atoms. The van der Waals surface area contributed by atoms with Crippen LogP contribution in [0.15, 0.2) is 145 Å². The molecule has 0 spiro atoms. The quantitative estimate of drug-likeness (QED) is 0.158. The molecule has 1 saturated carbocycles. The number of hydrogen-bond acceptors (Lipinski definition) is 0. The van der Waals surface area contributed by atoms with Crippen molar-refractivity contribution in [2.24, 2.45) is 23.7 Å². The van der Waals surface area contributed by atoms with E-state index in [1.54, 1.807) is 0 Å². The molecule has 3 aromatic rings. The van der Waals surface area contributed by atoms with E-state index in [2.05, 4.69) is 140 Å². The Bertz CT molecular complexity index is 1830. The molecule has 0 aliphatic heterocycles. The van der Waals surface area contributed by atoms with Crippen LogP contribution in [-0.2, 0) is 12.8 Å². The summed E-state index contributed by atoms with van der Waals surface area (Å²) in [4.78, 5) is 0. The Morgan fingerprint density at radius 3 is 2.40 bits per heavy atom. The zero-order valence-corrected chi connectivity index (χ0v) is 27.7. The van der Waals surface area contributed by atoms with Gasteiger partial charge in [0, 0.05) is 17.4 Å². The predicted molar refractivity (Wildman–Crippen MR) is 201 cm³/mol. The lowest BCUT2D eigenvalue weighted by Gasteiger charge is -2.36. The molecular formula is C47H46. The van der Waals surface area contributed by atoms with E-state index in [1.807, 2.05) is 0 Å². The largest absolute Gasteiger partial charge is 0.115 e. The molecule has 7 rings (SSSR count). The van der Waals surface area contributed by atoms with Gasteiger partial charge in [0.15, 0.2) is 0 Å². The van der Waals surface area contributed by atoms with E-state index in [0.717, 1.165) is 24.8 Å². The first-order valence-corrected chi connectivity index (χ1v) is 17.6. The van der Waals surface area contributed by atoms with Gasteiger partial charge in [-0.15, -0.1) is 6.42 Å². The molecule has 0 N–H and O–H groups in total. The van der Waals surface area contributed by atoms with Crippen LogP contribution in [0.2, 0.25) is 0 Å². The fraction of sp³-hybridized carbons (Fsp3) is 0.277. The number of hydrogen-bond donors (Lipinski definition) is 0. The Labute approximate surface area is 282 Å². The van der Waals surface area contributed by atoms with Crippen molar-refractivity contribution in [2.75, 3.05) is 0 Å². The minimum absolute atomic E-state index is 0.367. The van der Waals surface area contributed by atoms with Crippen LogP contribution in [-0.4, -0.2) is 0 Å². The third-order valence-electron chi connectivity index (χ3n) is 10.9. The molecule has 4 aliphatic rings. The molecule has 0 nitrogen and oxygen atoms in total. The molecular weight excluding hydrogens is 565 g/mol. The second kappa shape index (κ2) is 14.0. The van der Waals surface area contributed by atoms with E-state index < -0.39 is 0 Å². The first-order chi connectivity index (χ1) is 23.1. The maximum Gasteiger partial charge on any atom is 0.0321 e. The Kier molecular flexibility index (Phi) is 9.26. The first-order valence-electron chi connectivity index (χ1n) is 17.6. The molecule has 0 amide bonds. The molecule has 234 valence electrons. The smallest absolute Gasteiger partial charge is 0.0321 e. The molecule has 0 radical (unpaired) electrons. The van der Waals surface area contributed by atoms with Crippen molar-refractivity contribution in [1.29, 1.82) is 0 Å². The summed E-state index contributed by atoms with van der Waals surface area (Å²) in [5, 5.41) is 0. The molecule has 0 aromatic heterocycles. The van der Waals surface area contributed by atoms with Crippen LogP contribution in [0.3, 0.4) is 0 Å². The van der Waals surface area contributed by atoms with Gasteiger partial charge in [-0.05, 0) is 119 Å². The normalized spacial score (nSPS) is 23.4. The van der Waals surface area contributed by atoms with Crippen molar-refractivity contribution in [1.82, 2.24) is 0 Å². The van der Waals surface area contributed by atoms with Crippen LogP contribution in [0, 0.1) is 36.0 Å². The Balaban J connectivity index is 1.06. The van der Waals surface area contributed by atoms with Crippen LogP contribution < -0.4 is 0 Å². The average molecular weight is 611 g/mol. The lowest BCUT2D eigenvalue weighted by atomic mass is 9.69. The molecule has 0 heterocycles. The van der Waals surface area contributed by atoms with Crippen LogP contribution >= 0.6 is 0 Å². The molecule has 3 atom stereocenters. The van der Waals surface area contributed by atoms with E-state index in [-0.39, 0.29) is 0 Å². The zero-order valence-electron chi connectivity index (χ0n) is 27.7. The third kappa shape index (κ3) is 6.92. The van der Waals surface area contributed by atoms with Gasteiger partial charge in [0.05, 0.1) is 0 Å². The van der Waals surface area contributed by atoms with E-state index in [4.69, 9.17) is 13.0 Å². The SMILES string of the molecule is C#Cc1ccc(CC2CCC(C(C(=C)CCc3ccccc3)c3ccc(C4=CC(C)C=C4)cc3)CC2)cc1C1=C2C=CC=CC2C=C1. The summed E-state index contributed by atoms with van der Waals surface area (Å²) in [6, 6.07) is 27.2. The minimum Gasteiger partial charge on any atom is -0.115 e. The van der Waals surface area contributed by atoms with Crippen molar-refractivity contribution in [2.45, 2.75) is 57.8 Å². The van der Waals surface area contributed by atoms with Gasteiger partial charge >= 0.3 is 0 Å². The zero-order chi connectivity index (χ0) is 32.2. The van der Waals surface area contributed by atoms with E-state index in [9.17, 15) is 0 Å². The number of allylic oxidation sites excluding steroid dienone is 13. The average Bonchev–Trinajstić information content (AvgIpc) is 3.75. The van der Waals surface area contributed by atoms with Crippen molar-refractivity contribution in [3.05, 3.63) is 179 Å². The summed E-state index contributed by atoms with van der Waals surface area (Å²) < 4.78 is 0. The summed E-state index contributed by atoms with van der Waals surface area (Å²) >= 11 is 0. The highest BCUT2D eigenvalue weighted by Gasteiger charge is 2.31. The van der Waals surface area contributed by atoms with Gasteiger partial charge in [0.1, 0.15) is 0 Å². The molecule has 0 saturated heterocycles. The number of terminal acetylenes is 1.